The van der Waals surface area contributed by atoms with Gasteiger partial charge < -0.3 is 10.4 Å². The Morgan fingerprint density at radius 3 is 2.68 bits per heavy atom. The van der Waals surface area contributed by atoms with Gasteiger partial charge in [-0.05, 0) is 31.4 Å². The van der Waals surface area contributed by atoms with Crippen LogP contribution in [0, 0.1) is 0 Å². The molecule has 1 unspecified atom stereocenters. The van der Waals surface area contributed by atoms with Crippen molar-refractivity contribution in [2.45, 2.75) is 39.2 Å². The number of hydrogen-bond donors (Lipinski definition) is 2. The van der Waals surface area contributed by atoms with Crippen LogP contribution in [-0.4, -0.2) is 33.4 Å². The van der Waals surface area contributed by atoms with E-state index in [0.29, 0.717) is 24.9 Å². The summed E-state index contributed by atoms with van der Waals surface area (Å²) in [4.78, 5) is 12.3. The quantitative estimate of drug-likeness (QED) is 0.825. The molecule has 5 nitrogen and oxygen atoms in total. The summed E-state index contributed by atoms with van der Waals surface area (Å²) in [6.45, 7) is 4.40. The molecular formula is C17H23N3O2. The van der Waals surface area contributed by atoms with Gasteiger partial charge in [-0.25, -0.2) is 4.68 Å². The van der Waals surface area contributed by atoms with Crippen molar-refractivity contribution in [3.8, 4) is 5.69 Å². The standard InChI is InChI=1S/C17H23N3O2/c1-3-14(21)10-11-18-17(22)15-12-19-20(16(15)4-2)13-8-6-5-7-9-13/h5-9,12,14,21H,3-4,10-11H2,1-2H3,(H,18,22). The number of rotatable bonds is 7. The van der Waals surface area contributed by atoms with Gasteiger partial charge in [-0.2, -0.15) is 5.10 Å². The maximum atomic E-state index is 12.3. The molecule has 1 heterocycles. The van der Waals surface area contributed by atoms with Gasteiger partial charge in [-0.3, -0.25) is 4.79 Å². The van der Waals surface area contributed by atoms with Crippen molar-refractivity contribution in [1.82, 2.24) is 15.1 Å². The highest BCUT2D eigenvalue weighted by atomic mass is 16.3. The van der Waals surface area contributed by atoms with Gasteiger partial charge in [0.05, 0.1) is 29.2 Å². The number of nitrogens with zero attached hydrogens (tertiary/aromatic N) is 2. The first-order valence-corrected chi connectivity index (χ1v) is 7.75. The molecule has 1 aromatic carbocycles. The molecule has 0 bridgehead atoms. The molecular weight excluding hydrogens is 278 g/mol. The number of para-hydroxylation sites is 1. The van der Waals surface area contributed by atoms with Gasteiger partial charge in [0.15, 0.2) is 0 Å². The smallest absolute Gasteiger partial charge is 0.254 e. The largest absolute Gasteiger partial charge is 0.393 e. The third-order valence-electron chi connectivity index (χ3n) is 3.68. The van der Waals surface area contributed by atoms with Crippen LogP contribution in [0.3, 0.4) is 0 Å². The van der Waals surface area contributed by atoms with Crippen LogP contribution in [0.4, 0.5) is 0 Å². The zero-order chi connectivity index (χ0) is 15.9. The number of carbonyl (C=O) groups is 1. The fourth-order valence-electron chi connectivity index (χ4n) is 2.35. The van der Waals surface area contributed by atoms with Crippen LogP contribution >= 0.6 is 0 Å². The van der Waals surface area contributed by atoms with E-state index in [1.54, 1.807) is 10.9 Å². The number of hydrogen-bond acceptors (Lipinski definition) is 3. The first-order chi connectivity index (χ1) is 10.7. The summed E-state index contributed by atoms with van der Waals surface area (Å²) in [6, 6.07) is 9.77. The number of nitrogens with one attached hydrogen (secondary N) is 1. The molecule has 0 radical (unpaired) electrons. The molecule has 0 aliphatic rings. The lowest BCUT2D eigenvalue weighted by Gasteiger charge is -2.10. The SMILES string of the molecule is CCc1c(C(=O)NCCC(O)CC)cnn1-c1ccccc1. The summed E-state index contributed by atoms with van der Waals surface area (Å²) in [7, 11) is 0. The fraction of sp³-hybridized carbons (Fsp3) is 0.412. The number of carbonyl (C=O) groups excluding carboxylic acids is 1. The van der Waals surface area contributed by atoms with Crippen LogP contribution < -0.4 is 5.32 Å². The molecule has 0 saturated heterocycles. The van der Waals surface area contributed by atoms with E-state index < -0.39 is 0 Å². The van der Waals surface area contributed by atoms with E-state index in [0.717, 1.165) is 17.8 Å². The third-order valence-corrected chi connectivity index (χ3v) is 3.68. The summed E-state index contributed by atoms with van der Waals surface area (Å²) >= 11 is 0. The van der Waals surface area contributed by atoms with Crippen molar-refractivity contribution in [2.24, 2.45) is 0 Å². The van der Waals surface area contributed by atoms with E-state index in [4.69, 9.17) is 0 Å². The van der Waals surface area contributed by atoms with Gasteiger partial charge in [-0.1, -0.05) is 32.0 Å². The maximum absolute atomic E-state index is 12.3. The highest BCUT2D eigenvalue weighted by molar-refractivity contribution is 5.95. The van der Waals surface area contributed by atoms with Crippen molar-refractivity contribution in [3.63, 3.8) is 0 Å². The van der Waals surface area contributed by atoms with Gasteiger partial charge in [0.25, 0.3) is 5.91 Å². The van der Waals surface area contributed by atoms with E-state index in [1.165, 1.54) is 0 Å². The zero-order valence-electron chi connectivity index (χ0n) is 13.1. The second-order valence-electron chi connectivity index (χ2n) is 5.21. The Morgan fingerprint density at radius 1 is 1.32 bits per heavy atom. The molecule has 0 saturated carbocycles. The van der Waals surface area contributed by atoms with Crippen molar-refractivity contribution in [3.05, 3.63) is 47.8 Å². The van der Waals surface area contributed by atoms with Gasteiger partial charge >= 0.3 is 0 Å². The average Bonchev–Trinajstić information content (AvgIpc) is 2.99. The molecule has 0 aliphatic carbocycles. The summed E-state index contributed by atoms with van der Waals surface area (Å²) < 4.78 is 1.80. The lowest BCUT2D eigenvalue weighted by atomic mass is 10.1. The average molecular weight is 301 g/mol. The minimum Gasteiger partial charge on any atom is -0.393 e. The van der Waals surface area contributed by atoms with E-state index in [9.17, 15) is 9.90 Å². The van der Waals surface area contributed by atoms with E-state index >= 15 is 0 Å². The first kappa shape index (κ1) is 16.2. The number of benzene rings is 1. The van der Waals surface area contributed by atoms with Gasteiger partial charge in [0, 0.05) is 6.54 Å². The molecule has 1 aromatic heterocycles. The number of amides is 1. The highest BCUT2D eigenvalue weighted by Crippen LogP contribution is 2.15. The Labute approximate surface area is 131 Å². The molecule has 1 amide bonds. The summed E-state index contributed by atoms with van der Waals surface area (Å²) in [5.41, 5.74) is 2.43. The Bertz CT molecular complexity index is 608. The van der Waals surface area contributed by atoms with Crippen LogP contribution in [0.1, 0.15) is 42.7 Å². The normalized spacial score (nSPS) is 12.1. The van der Waals surface area contributed by atoms with Crippen molar-refractivity contribution in [1.29, 1.82) is 0 Å². The Kier molecular flexibility index (Phi) is 5.72. The molecule has 1 atom stereocenters. The van der Waals surface area contributed by atoms with Gasteiger partial charge in [0.1, 0.15) is 0 Å². The first-order valence-electron chi connectivity index (χ1n) is 7.75. The second-order valence-corrected chi connectivity index (χ2v) is 5.21. The maximum Gasteiger partial charge on any atom is 0.254 e. The topological polar surface area (TPSA) is 67.2 Å². The molecule has 2 rings (SSSR count). The van der Waals surface area contributed by atoms with E-state index in [-0.39, 0.29) is 12.0 Å². The lowest BCUT2D eigenvalue weighted by molar-refractivity contribution is 0.0941. The predicted octanol–water partition coefficient (Wildman–Crippen LogP) is 2.33. The minimum atomic E-state index is -0.363. The molecule has 118 valence electrons. The molecule has 2 N–H and O–H groups in total. The molecule has 0 aliphatic heterocycles. The van der Waals surface area contributed by atoms with E-state index in [1.807, 2.05) is 44.2 Å². The fourth-order valence-corrected chi connectivity index (χ4v) is 2.35. The molecule has 22 heavy (non-hydrogen) atoms. The van der Waals surface area contributed by atoms with Crippen LogP contribution in [0.25, 0.3) is 5.69 Å². The molecule has 2 aromatic rings. The Hall–Kier alpha value is -2.14. The third kappa shape index (κ3) is 3.74. The summed E-state index contributed by atoms with van der Waals surface area (Å²) in [5.74, 6) is -0.137. The molecule has 0 fully saturated rings. The monoisotopic (exact) mass is 301 g/mol. The summed E-state index contributed by atoms with van der Waals surface area (Å²) in [5, 5.41) is 16.7. The zero-order valence-corrected chi connectivity index (χ0v) is 13.1. The van der Waals surface area contributed by atoms with Crippen molar-refractivity contribution in [2.75, 3.05) is 6.54 Å². The molecule has 0 spiro atoms. The number of aromatic nitrogens is 2. The number of aliphatic hydroxyl groups excluding tert-OH is 1. The van der Waals surface area contributed by atoms with E-state index in [2.05, 4.69) is 10.4 Å². The van der Waals surface area contributed by atoms with Crippen molar-refractivity contribution < 1.29 is 9.90 Å². The van der Waals surface area contributed by atoms with Gasteiger partial charge in [-0.15, -0.1) is 0 Å². The predicted molar refractivity (Wildman–Crippen MR) is 86.2 cm³/mol. The Balaban J connectivity index is 2.12. The van der Waals surface area contributed by atoms with Crippen LogP contribution in [0.2, 0.25) is 0 Å². The van der Waals surface area contributed by atoms with Crippen molar-refractivity contribution >= 4 is 5.91 Å². The second kappa shape index (κ2) is 7.75. The van der Waals surface area contributed by atoms with Gasteiger partial charge in [0.2, 0.25) is 0 Å². The van der Waals surface area contributed by atoms with Crippen LogP contribution in [-0.2, 0) is 6.42 Å². The minimum absolute atomic E-state index is 0.137. The Morgan fingerprint density at radius 2 is 2.05 bits per heavy atom. The highest BCUT2D eigenvalue weighted by Gasteiger charge is 2.16. The molecule has 5 heteroatoms. The number of aliphatic hydroxyl groups is 1. The summed E-state index contributed by atoms with van der Waals surface area (Å²) in [6.07, 6.45) is 3.23. The van der Waals surface area contributed by atoms with Crippen LogP contribution in [0.5, 0.6) is 0 Å². The van der Waals surface area contributed by atoms with Crippen LogP contribution in [0.15, 0.2) is 36.5 Å². The lowest BCUT2D eigenvalue weighted by Crippen LogP contribution is -2.27.